The fourth-order valence-electron chi connectivity index (χ4n) is 9.06. The van der Waals surface area contributed by atoms with Gasteiger partial charge < -0.3 is 9.32 Å². The number of allylic oxidation sites excluding steroid dienone is 8. The van der Waals surface area contributed by atoms with Crippen molar-refractivity contribution in [2.24, 2.45) is 0 Å². The maximum atomic E-state index is 7.09. The van der Waals surface area contributed by atoms with Crippen molar-refractivity contribution in [3.8, 4) is 0 Å². The zero-order valence-electron chi connectivity index (χ0n) is 32.0. The highest BCUT2D eigenvalue weighted by Crippen LogP contribution is 2.55. The maximum Gasteiger partial charge on any atom is 0.144 e. The molecular weight excluding hydrogens is 675 g/mol. The fraction of sp³-hybridized carbons (Fsp3) is 0.176. The van der Waals surface area contributed by atoms with Crippen LogP contribution in [-0.2, 0) is 5.41 Å². The zero-order valence-corrected chi connectivity index (χ0v) is 32.8. The van der Waals surface area contributed by atoms with E-state index in [4.69, 9.17) is 4.42 Å². The summed E-state index contributed by atoms with van der Waals surface area (Å²) >= 11 is 1.86. The topological polar surface area (TPSA) is 16.4 Å². The van der Waals surface area contributed by atoms with Gasteiger partial charge in [0.1, 0.15) is 11.2 Å². The predicted octanol–water partition coefficient (Wildman–Crippen LogP) is 15.7. The van der Waals surface area contributed by atoms with Gasteiger partial charge in [0.2, 0.25) is 0 Å². The molecule has 0 atom stereocenters. The van der Waals surface area contributed by atoms with Gasteiger partial charge in [-0.2, -0.15) is 0 Å². The highest BCUT2D eigenvalue weighted by molar-refractivity contribution is 7.25. The number of furan rings is 1. The van der Waals surface area contributed by atoms with Crippen molar-refractivity contribution < 1.29 is 4.42 Å². The Kier molecular flexibility index (Phi) is 8.43. The van der Waals surface area contributed by atoms with Gasteiger partial charge in [-0.15, -0.1) is 11.3 Å². The lowest BCUT2D eigenvalue weighted by Crippen LogP contribution is -2.17. The maximum absolute atomic E-state index is 7.09. The minimum atomic E-state index is -0.153. The number of thiophene rings is 1. The van der Waals surface area contributed by atoms with E-state index >= 15 is 0 Å². The molecule has 0 radical (unpaired) electrons. The van der Waals surface area contributed by atoms with Crippen LogP contribution < -0.4 is 4.90 Å². The second-order valence-electron chi connectivity index (χ2n) is 15.0. The van der Waals surface area contributed by atoms with Crippen molar-refractivity contribution in [1.29, 1.82) is 0 Å². The molecule has 54 heavy (non-hydrogen) atoms. The van der Waals surface area contributed by atoms with Gasteiger partial charge in [-0.3, -0.25) is 0 Å². The molecule has 0 spiro atoms. The first kappa shape index (κ1) is 34.1. The quantitative estimate of drug-likeness (QED) is 0.145. The van der Waals surface area contributed by atoms with Crippen LogP contribution >= 0.6 is 11.3 Å². The van der Waals surface area contributed by atoms with E-state index in [9.17, 15) is 0 Å². The van der Waals surface area contributed by atoms with E-state index in [-0.39, 0.29) is 5.41 Å². The molecule has 8 aromatic rings. The van der Waals surface area contributed by atoms with Crippen molar-refractivity contribution >= 4 is 86.7 Å². The Morgan fingerprint density at radius 3 is 2.15 bits per heavy atom. The highest BCUT2D eigenvalue weighted by Gasteiger charge is 2.40. The predicted molar refractivity (Wildman–Crippen MR) is 236 cm³/mol. The number of benzene rings is 6. The summed E-state index contributed by atoms with van der Waals surface area (Å²) < 4.78 is 9.71. The Hall–Kier alpha value is -5.64. The SMILES string of the molecule is C/C=C\C=C(/CC)N(c1ccc2sc3ccccc3c2c1)c1ccc2oc3c4c(c5ccccc5c3c2c1)C(C)(C)C(CC)=C4/C=C(\C)c1ccccc1. The Balaban J connectivity index is 1.32. The summed E-state index contributed by atoms with van der Waals surface area (Å²) in [6.45, 7) is 13.7. The van der Waals surface area contributed by atoms with Crippen LogP contribution in [0.5, 0.6) is 0 Å². The largest absolute Gasteiger partial charge is 0.455 e. The lowest BCUT2D eigenvalue weighted by molar-refractivity contribution is 0.620. The van der Waals surface area contributed by atoms with Crippen LogP contribution in [0.15, 0.2) is 155 Å². The van der Waals surface area contributed by atoms with Gasteiger partial charge in [0.15, 0.2) is 0 Å². The van der Waals surface area contributed by atoms with Gasteiger partial charge in [-0.25, -0.2) is 0 Å². The molecule has 2 aromatic heterocycles. The van der Waals surface area contributed by atoms with E-state index in [1.807, 2.05) is 11.3 Å². The summed E-state index contributed by atoms with van der Waals surface area (Å²) in [4.78, 5) is 2.44. The van der Waals surface area contributed by atoms with E-state index in [2.05, 4.69) is 186 Å². The third kappa shape index (κ3) is 5.28. The molecule has 0 saturated heterocycles. The average molecular weight is 720 g/mol. The smallest absolute Gasteiger partial charge is 0.144 e. The summed E-state index contributed by atoms with van der Waals surface area (Å²) in [5.41, 5.74) is 13.1. The standard InChI is InChI=1S/C51H45NOS/c1-7-10-20-34(8-2)52(36-26-28-46-40(30-36)37-21-16-17-24-45(37)54-46)35-25-27-44-42(31-35)47-38-22-14-15-23-39(38)49-48(50(47)53-44)41(43(9-3)51(49,5)6)29-32(4)33-18-12-11-13-19-33/h7,10-31H,8-9H2,1-6H3/b10-7-,32-29+,34-20+. The van der Waals surface area contributed by atoms with Crippen LogP contribution in [0.3, 0.4) is 0 Å². The monoisotopic (exact) mass is 719 g/mol. The lowest BCUT2D eigenvalue weighted by Gasteiger charge is -2.28. The van der Waals surface area contributed by atoms with Crippen LogP contribution in [0.1, 0.15) is 71.1 Å². The van der Waals surface area contributed by atoms with Crippen LogP contribution in [-0.4, -0.2) is 0 Å². The summed E-state index contributed by atoms with van der Waals surface area (Å²) in [7, 11) is 0. The van der Waals surface area contributed by atoms with Crippen LogP contribution in [0.2, 0.25) is 0 Å². The molecule has 0 amide bonds. The summed E-state index contributed by atoms with van der Waals surface area (Å²) in [5, 5.41) is 7.48. The number of fused-ring (bicyclic) bond motifs is 11. The van der Waals surface area contributed by atoms with Crippen molar-refractivity contribution in [2.75, 3.05) is 4.90 Å². The van der Waals surface area contributed by atoms with Crippen molar-refractivity contribution in [3.63, 3.8) is 0 Å². The molecule has 0 unspecified atom stereocenters. The Morgan fingerprint density at radius 2 is 1.41 bits per heavy atom. The van der Waals surface area contributed by atoms with Gasteiger partial charge in [0.25, 0.3) is 0 Å². The van der Waals surface area contributed by atoms with Gasteiger partial charge in [0, 0.05) is 59.0 Å². The van der Waals surface area contributed by atoms with E-state index in [1.165, 1.54) is 75.4 Å². The highest BCUT2D eigenvalue weighted by atomic mass is 32.1. The molecule has 0 bridgehead atoms. The molecule has 1 aliphatic rings. The van der Waals surface area contributed by atoms with E-state index in [0.29, 0.717) is 0 Å². The molecule has 1 aliphatic carbocycles. The van der Waals surface area contributed by atoms with Gasteiger partial charge >= 0.3 is 0 Å². The normalized spacial score (nSPS) is 14.9. The third-order valence-electron chi connectivity index (χ3n) is 11.5. The molecule has 266 valence electrons. The minimum absolute atomic E-state index is 0.153. The Bertz CT molecular complexity index is 2890. The number of rotatable bonds is 8. The summed E-state index contributed by atoms with van der Waals surface area (Å²) in [6, 6.07) is 42.2. The summed E-state index contributed by atoms with van der Waals surface area (Å²) in [5.74, 6) is 0. The molecular formula is C51H45NOS. The molecule has 0 saturated carbocycles. The molecule has 6 aromatic carbocycles. The second kappa shape index (κ2) is 13.3. The van der Waals surface area contributed by atoms with E-state index in [0.717, 1.165) is 40.8 Å². The van der Waals surface area contributed by atoms with Crippen molar-refractivity contribution in [1.82, 2.24) is 0 Å². The molecule has 0 aliphatic heterocycles. The van der Waals surface area contributed by atoms with Crippen molar-refractivity contribution in [2.45, 2.75) is 59.8 Å². The molecule has 2 nitrogen and oxygen atoms in total. The van der Waals surface area contributed by atoms with Gasteiger partial charge in [-0.1, -0.05) is 124 Å². The van der Waals surface area contributed by atoms with Crippen LogP contribution in [0.25, 0.3) is 64.0 Å². The molecule has 0 fully saturated rings. The molecule has 9 rings (SSSR count). The molecule has 0 N–H and O–H groups in total. The first-order chi connectivity index (χ1) is 26.3. The lowest BCUT2D eigenvalue weighted by atomic mass is 9.77. The number of hydrogen-bond donors (Lipinski definition) is 0. The van der Waals surface area contributed by atoms with E-state index in [1.54, 1.807) is 0 Å². The Labute approximate surface area is 322 Å². The minimum Gasteiger partial charge on any atom is -0.455 e. The Morgan fingerprint density at radius 1 is 0.741 bits per heavy atom. The average Bonchev–Trinajstić information content (AvgIpc) is 3.83. The van der Waals surface area contributed by atoms with Crippen LogP contribution in [0.4, 0.5) is 11.4 Å². The van der Waals surface area contributed by atoms with Gasteiger partial charge in [-0.05, 0) is 108 Å². The second-order valence-corrected chi connectivity index (χ2v) is 16.1. The van der Waals surface area contributed by atoms with Crippen LogP contribution in [0, 0.1) is 0 Å². The summed E-state index contributed by atoms with van der Waals surface area (Å²) in [6.07, 6.45) is 10.8. The number of hydrogen-bond acceptors (Lipinski definition) is 3. The zero-order chi connectivity index (χ0) is 37.1. The first-order valence-corrected chi connectivity index (χ1v) is 20.1. The number of anilines is 2. The fourth-order valence-corrected chi connectivity index (χ4v) is 10.2. The number of nitrogens with zero attached hydrogens (tertiary/aromatic N) is 1. The first-order valence-electron chi connectivity index (χ1n) is 19.3. The molecule has 3 heteroatoms. The molecule has 2 heterocycles. The van der Waals surface area contributed by atoms with Gasteiger partial charge in [0.05, 0.1) is 0 Å². The third-order valence-corrected chi connectivity index (χ3v) is 12.7. The van der Waals surface area contributed by atoms with E-state index < -0.39 is 0 Å². The van der Waals surface area contributed by atoms with Crippen molar-refractivity contribution in [3.05, 3.63) is 168 Å².